The highest BCUT2D eigenvalue weighted by molar-refractivity contribution is 5.66. The Balaban J connectivity index is 0. The second-order valence-electron chi connectivity index (χ2n) is 7.32. The number of rotatable bonds is 19. The summed E-state index contributed by atoms with van der Waals surface area (Å²) in [7, 11) is 0. The molecular weight excluding hydrogens is 400 g/mol. The number of carboxylic acids is 2. The van der Waals surface area contributed by atoms with E-state index in [1.54, 1.807) is 0 Å². The van der Waals surface area contributed by atoms with Gasteiger partial charge in [0.25, 0.3) is 0 Å². The monoisotopic (exact) mass is 440 g/mol. The molecule has 0 aliphatic rings. The van der Waals surface area contributed by atoms with Crippen molar-refractivity contribution in [1.82, 2.24) is 0 Å². The number of ether oxygens (including phenoxy) is 1. The molecule has 0 rings (SSSR count). The van der Waals surface area contributed by atoms with Crippen LogP contribution in [-0.4, -0.2) is 93.4 Å². The van der Waals surface area contributed by atoms with E-state index in [-0.39, 0.29) is 52.5 Å². The molecule has 1 unspecified atom stereocenters. The lowest BCUT2D eigenvalue weighted by Crippen LogP contribution is -2.35. The van der Waals surface area contributed by atoms with Gasteiger partial charge in [-0.3, -0.25) is 9.59 Å². The Morgan fingerprint density at radius 3 is 1.50 bits per heavy atom. The van der Waals surface area contributed by atoms with Gasteiger partial charge in [-0.15, -0.1) is 0 Å². The number of hydrogen-bond donors (Lipinski definition) is 7. The summed E-state index contributed by atoms with van der Waals surface area (Å²) in [6.07, 6.45) is 6.12. The zero-order valence-electron chi connectivity index (χ0n) is 17.7. The molecule has 0 heterocycles. The lowest BCUT2D eigenvalue weighted by Gasteiger charge is -2.28. The Morgan fingerprint density at radius 2 is 1.17 bits per heavy atom. The quantitative estimate of drug-likeness (QED) is 0.138. The highest BCUT2D eigenvalue weighted by atomic mass is 16.5. The maximum atomic E-state index is 10.1. The average Bonchev–Trinajstić information content (AvgIpc) is 2.73. The van der Waals surface area contributed by atoms with Crippen molar-refractivity contribution >= 4 is 11.9 Å². The Labute approximate surface area is 178 Å². The number of unbranched alkanes of at least 4 members (excludes halogenated alkanes) is 5. The van der Waals surface area contributed by atoms with E-state index in [1.807, 2.05) is 0 Å². The minimum Gasteiger partial charge on any atom is -0.481 e. The third-order valence-electron chi connectivity index (χ3n) is 4.68. The molecule has 0 aliphatic heterocycles. The predicted octanol–water partition coefficient (Wildman–Crippen LogP) is 0.376. The van der Waals surface area contributed by atoms with Gasteiger partial charge >= 0.3 is 11.9 Å². The molecule has 0 fully saturated rings. The minimum absolute atomic E-state index is 0.123. The van der Waals surface area contributed by atoms with Gasteiger partial charge in [0.15, 0.2) is 0 Å². The van der Waals surface area contributed by atoms with Crippen molar-refractivity contribution in [2.45, 2.75) is 70.3 Å². The molecule has 10 heteroatoms. The van der Waals surface area contributed by atoms with Gasteiger partial charge in [-0.2, -0.15) is 0 Å². The minimum atomic E-state index is -0.935. The largest absolute Gasteiger partial charge is 0.481 e. The van der Waals surface area contributed by atoms with Crippen LogP contribution in [0.3, 0.4) is 0 Å². The van der Waals surface area contributed by atoms with Gasteiger partial charge in [0, 0.05) is 18.3 Å². The third-order valence-corrected chi connectivity index (χ3v) is 4.68. The maximum absolute atomic E-state index is 10.1. The molecule has 30 heavy (non-hydrogen) atoms. The second-order valence-corrected chi connectivity index (χ2v) is 7.32. The first-order chi connectivity index (χ1) is 14.3. The fraction of sp³-hybridized carbons (Fsp3) is 0.900. The molecule has 0 aromatic heterocycles. The van der Waals surface area contributed by atoms with E-state index >= 15 is 0 Å². The normalized spacial score (nSPS) is 12.2. The van der Waals surface area contributed by atoms with Gasteiger partial charge in [-0.1, -0.05) is 25.7 Å². The second kappa shape index (κ2) is 21.0. The SMILES string of the molecule is O=C(O)CCCCCCCCC(=O)O.OCCOC(CO)CCC(CO)(CO)CO. The Bertz CT molecular complexity index is 384. The molecule has 180 valence electrons. The van der Waals surface area contributed by atoms with Crippen LogP contribution in [0.5, 0.6) is 0 Å². The fourth-order valence-corrected chi connectivity index (χ4v) is 2.56. The molecule has 0 aromatic carbocycles. The van der Waals surface area contributed by atoms with Crippen molar-refractivity contribution in [3.05, 3.63) is 0 Å². The molecule has 0 aromatic rings. The molecule has 0 bridgehead atoms. The molecule has 7 N–H and O–H groups in total. The molecule has 0 spiro atoms. The van der Waals surface area contributed by atoms with Gasteiger partial charge < -0.3 is 40.5 Å². The van der Waals surface area contributed by atoms with Crippen molar-refractivity contribution < 1.29 is 50.1 Å². The number of carboxylic acid groups (broad SMARTS) is 2. The van der Waals surface area contributed by atoms with Crippen LogP contribution in [-0.2, 0) is 14.3 Å². The Hall–Kier alpha value is -1.30. The van der Waals surface area contributed by atoms with Crippen molar-refractivity contribution in [2.24, 2.45) is 5.41 Å². The van der Waals surface area contributed by atoms with Gasteiger partial charge in [0.1, 0.15) is 0 Å². The highest BCUT2D eigenvalue weighted by Gasteiger charge is 2.28. The van der Waals surface area contributed by atoms with Crippen LogP contribution < -0.4 is 0 Å². The van der Waals surface area contributed by atoms with Crippen LogP contribution in [0, 0.1) is 5.41 Å². The molecule has 0 saturated heterocycles. The number of hydrogen-bond acceptors (Lipinski definition) is 8. The number of aliphatic hydroxyl groups is 5. The first-order valence-electron chi connectivity index (χ1n) is 10.4. The summed E-state index contributed by atoms with van der Waals surface area (Å²) in [6.45, 7) is -1.15. The lowest BCUT2D eigenvalue weighted by atomic mass is 9.85. The Morgan fingerprint density at radius 1 is 0.733 bits per heavy atom. The smallest absolute Gasteiger partial charge is 0.303 e. The van der Waals surface area contributed by atoms with Crippen LogP contribution in [0.4, 0.5) is 0 Å². The van der Waals surface area contributed by atoms with E-state index in [4.69, 9.17) is 40.5 Å². The average molecular weight is 441 g/mol. The van der Waals surface area contributed by atoms with Crippen LogP contribution in [0.2, 0.25) is 0 Å². The summed E-state index contributed by atoms with van der Waals surface area (Å²) in [4.78, 5) is 20.3. The zero-order chi connectivity index (χ0) is 23.3. The summed E-state index contributed by atoms with van der Waals surface area (Å²) >= 11 is 0. The molecule has 0 amide bonds. The zero-order valence-corrected chi connectivity index (χ0v) is 17.7. The van der Waals surface area contributed by atoms with E-state index in [0.717, 1.165) is 38.5 Å². The molecular formula is C20H40O10. The molecule has 1 atom stereocenters. The van der Waals surface area contributed by atoms with E-state index < -0.39 is 23.5 Å². The number of aliphatic hydroxyl groups excluding tert-OH is 5. The Kier molecular flexibility index (Phi) is 21.6. The van der Waals surface area contributed by atoms with Gasteiger partial charge in [-0.05, 0) is 25.7 Å². The number of aliphatic carboxylic acids is 2. The van der Waals surface area contributed by atoms with E-state index in [9.17, 15) is 9.59 Å². The standard InChI is InChI=1S/C10H22O6.C10H18O4/c11-3-4-16-9(5-12)1-2-10(6-13,7-14)8-15;11-9(12)7-5-3-1-2-4-6-8-10(13)14/h9,11-15H,1-8H2;1-8H2,(H,11,12)(H,13,14). The first-order valence-corrected chi connectivity index (χ1v) is 10.4. The van der Waals surface area contributed by atoms with Crippen LogP contribution >= 0.6 is 0 Å². The first kappa shape index (κ1) is 30.9. The topological polar surface area (TPSA) is 185 Å². The summed E-state index contributed by atoms with van der Waals surface area (Å²) in [5.41, 5.74) is -0.935. The molecule has 0 saturated carbocycles. The van der Waals surface area contributed by atoms with Gasteiger partial charge in [0.2, 0.25) is 0 Å². The van der Waals surface area contributed by atoms with Crippen LogP contribution in [0.1, 0.15) is 64.2 Å². The van der Waals surface area contributed by atoms with Crippen molar-refractivity contribution in [3.8, 4) is 0 Å². The van der Waals surface area contributed by atoms with E-state index in [2.05, 4.69) is 0 Å². The van der Waals surface area contributed by atoms with Gasteiger partial charge in [0.05, 0.1) is 45.7 Å². The predicted molar refractivity (Wildman–Crippen MR) is 109 cm³/mol. The van der Waals surface area contributed by atoms with Crippen LogP contribution in [0.15, 0.2) is 0 Å². The summed E-state index contributed by atoms with van der Waals surface area (Å²) in [5.74, 6) is -1.48. The third kappa shape index (κ3) is 18.7. The van der Waals surface area contributed by atoms with E-state index in [1.165, 1.54) is 0 Å². The van der Waals surface area contributed by atoms with Gasteiger partial charge in [-0.25, -0.2) is 0 Å². The molecule has 10 nitrogen and oxygen atoms in total. The fourth-order valence-electron chi connectivity index (χ4n) is 2.56. The van der Waals surface area contributed by atoms with Crippen molar-refractivity contribution in [1.29, 1.82) is 0 Å². The summed E-state index contributed by atoms with van der Waals surface area (Å²) < 4.78 is 5.12. The highest BCUT2D eigenvalue weighted by Crippen LogP contribution is 2.23. The van der Waals surface area contributed by atoms with Crippen LogP contribution in [0.25, 0.3) is 0 Å². The maximum Gasteiger partial charge on any atom is 0.303 e. The summed E-state index contributed by atoms with van der Waals surface area (Å²) in [6, 6.07) is 0. The molecule has 0 aliphatic carbocycles. The van der Waals surface area contributed by atoms with Crippen molar-refractivity contribution in [2.75, 3.05) is 39.6 Å². The lowest BCUT2D eigenvalue weighted by molar-refractivity contribution is -0.138. The number of carbonyl (C=O) groups is 2. The summed E-state index contributed by atoms with van der Waals surface area (Å²) in [5, 5.41) is 61.4. The molecule has 0 radical (unpaired) electrons. The van der Waals surface area contributed by atoms with Crippen molar-refractivity contribution in [3.63, 3.8) is 0 Å². The van der Waals surface area contributed by atoms with E-state index in [0.29, 0.717) is 12.8 Å².